The van der Waals surface area contributed by atoms with Crippen molar-refractivity contribution in [2.24, 2.45) is 0 Å². The van der Waals surface area contributed by atoms with E-state index in [0.29, 0.717) is 0 Å². The van der Waals surface area contributed by atoms with Crippen molar-refractivity contribution in [1.82, 2.24) is 0 Å². The molecule has 0 radical (unpaired) electrons. The van der Waals surface area contributed by atoms with Gasteiger partial charge in [-0.1, -0.05) is 76.1 Å². The van der Waals surface area contributed by atoms with Crippen molar-refractivity contribution in [2.75, 3.05) is 0 Å². The Morgan fingerprint density at radius 2 is 1.11 bits per heavy atom. The van der Waals surface area contributed by atoms with Crippen molar-refractivity contribution in [3.8, 4) is 23.7 Å². The molecule has 2 heterocycles. The molecule has 28 heavy (non-hydrogen) atoms. The highest BCUT2D eigenvalue weighted by Crippen LogP contribution is 2.38. The van der Waals surface area contributed by atoms with Crippen molar-refractivity contribution in [3.63, 3.8) is 0 Å². The molecule has 0 aliphatic rings. The predicted molar refractivity (Wildman–Crippen MR) is 128 cm³/mol. The smallest absolute Gasteiger partial charge is 0.0518 e. The highest BCUT2D eigenvalue weighted by Gasteiger charge is 2.13. The molecule has 0 spiro atoms. The zero-order valence-electron chi connectivity index (χ0n) is 17.2. The lowest BCUT2D eigenvalue weighted by atomic mass is 10.0. The molecule has 0 saturated carbocycles. The molecular weight excluding hydrogens is 376 g/mol. The van der Waals surface area contributed by atoms with Gasteiger partial charge >= 0.3 is 0 Å². The van der Waals surface area contributed by atoms with Crippen molar-refractivity contribution >= 4 is 42.8 Å². The first-order valence-electron chi connectivity index (χ1n) is 10.7. The molecule has 0 amide bonds. The highest BCUT2D eigenvalue weighted by molar-refractivity contribution is 7.19. The Balaban J connectivity index is 1.87. The molecule has 2 heteroatoms. The van der Waals surface area contributed by atoms with Crippen LogP contribution in [0.15, 0.2) is 22.9 Å². The summed E-state index contributed by atoms with van der Waals surface area (Å²) in [6, 6.07) is 4.46. The standard InChI is InChI=1S/C26H30S2/c1-3-5-7-9-11-13-15-21-23-17-19-28-26(23)22(24-18-20-27-25(21)24)16-14-12-10-8-6-4-2/h17-20H,3-12H2,1-2H3. The van der Waals surface area contributed by atoms with Gasteiger partial charge in [-0.2, -0.15) is 0 Å². The van der Waals surface area contributed by atoms with Crippen molar-refractivity contribution in [3.05, 3.63) is 34.0 Å². The fraction of sp³-hybridized carbons (Fsp3) is 0.462. The van der Waals surface area contributed by atoms with E-state index in [1.54, 1.807) is 22.7 Å². The molecule has 0 unspecified atom stereocenters. The van der Waals surface area contributed by atoms with E-state index in [9.17, 15) is 0 Å². The first-order chi connectivity index (χ1) is 13.9. The maximum Gasteiger partial charge on any atom is 0.0518 e. The van der Waals surface area contributed by atoms with E-state index in [0.717, 1.165) is 12.8 Å². The van der Waals surface area contributed by atoms with Crippen LogP contribution >= 0.6 is 22.7 Å². The van der Waals surface area contributed by atoms with E-state index < -0.39 is 0 Å². The van der Waals surface area contributed by atoms with Gasteiger partial charge in [0.2, 0.25) is 0 Å². The molecule has 0 aliphatic heterocycles. The fourth-order valence-corrected chi connectivity index (χ4v) is 5.31. The minimum atomic E-state index is 0.998. The Labute approximate surface area is 178 Å². The maximum atomic E-state index is 3.52. The second-order valence-corrected chi connectivity index (χ2v) is 9.13. The highest BCUT2D eigenvalue weighted by atomic mass is 32.1. The number of unbranched alkanes of at least 4 members (excludes halogenated alkanes) is 8. The van der Waals surface area contributed by atoms with Crippen LogP contribution in [-0.4, -0.2) is 0 Å². The van der Waals surface area contributed by atoms with E-state index in [-0.39, 0.29) is 0 Å². The Morgan fingerprint density at radius 3 is 1.54 bits per heavy atom. The second kappa shape index (κ2) is 11.3. The average molecular weight is 407 g/mol. The number of hydrogen-bond donors (Lipinski definition) is 0. The zero-order chi connectivity index (χ0) is 19.6. The van der Waals surface area contributed by atoms with Crippen LogP contribution in [0.25, 0.3) is 20.2 Å². The lowest BCUT2D eigenvalue weighted by molar-refractivity contribution is 0.679. The summed E-state index contributed by atoms with van der Waals surface area (Å²) in [6.07, 6.45) is 12.2. The Hall–Kier alpha value is -1.74. The van der Waals surface area contributed by atoms with Crippen molar-refractivity contribution < 1.29 is 0 Å². The first kappa shape index (κ1) is 21.0. The third-order valence-corrected chi connectivity index (χ3v) is 6.92. The SMILES string of the molecule is CCCCCCC#Cc1c2ccsc2c(C#CCCCCCC)c2ccsc12. The molecule has 0 bridgehead atoms. The number of fused-ring (bicyclic) bond motifs is 2. The normalized spacial score (nSPS) is 10.6. The fourth-order valence-electron chi connectivity index (χ4n) is 3.47. The summed E-state index contributed by atoms with van der Waals surface area (Å²) in [4.78, 5) is 0. The van der Waals surface area contributed by atoms with Gasteiger partial charge in [-0.15, -0.1) is 22.7 Å². The lowest BCUT2D eigenvalue weighted by Gasteiger charge is -2.03. The monoisotopic (exact) mass is 406 g/mol. The van der Waals surface area contributed by atoms with Gasteiger partial charge in [0.15, 0.2) is 0 Å². The summed E-state index contributed by atoms with van der Waals surface area (Å²) in [5, 5.41) is 6.95. The minimum absolute atomic E-state index is 0.998. The van der Waals surface area contributed by atoms with Gasteiger partial charge in [0.25, 0.3) is 0 Å². The Bertz CT molecular complexity index is 880. The summed E-state index contributed by atoms with van der Waals surface area (Å²) in [6.45, 7) is 4.50. The number of thiophene rings is 2. The summed E-state index contributed by atoms with van der Waals surface area (Å²) < 4.78 is 2.62. The largest absolute Gasteiger partial charge is 0.142 e. The predicted octanol–water partition coefficient (Wildman–Crippen LogP) is 8.76. The molecule has 146 valence electrons. The molecule has 0 N–H and O–H groups in total. The van der Waals surface area contributed by atoms with E-state index in [2.05, 4.69) is 60.4 Å². The van der Waals surface area contributed by atoms with E-state index >= 15 is 0 Å². The Kier molecular flexibility index (Phi) is 8.47. The summed E-state index contributed by atoms with van der Waals surface area (Å²) >= 11 is 3.61. The summed E-state index contributed by atoms with van der Waals surface area (Å²) in [7, 11) is 0. The molecule has 1 aromatic carbocycles. The molecule has 0 nitrogen and oxygen atoms in total. The number of rotatable bonds is 8. The Morgan fingerprint density at radius 1 is 0.643 bits per heavy atom. The molecule has 0 fully saturated rings. The van der Waals surface area contributed by atoms with Gasteiger partial charge in [-0.05, 0) is 35.7 Å². The minimum Gasteiger partial charge on any atom is -0.142 e. The maximum absolute atomic E-state index is 3.52. The summed E-state index contributed by atoms with van der Waals surface area (Å²) in [5.74, 6) is 13.9. The van der Waals surface area contributed by atoms with E-state index in [1.165, 1.54) is 82.7 Å². The van der Waals surface area contributed by atoms with Gasteiger partial charge in [0.05, 0.1) is 20.5 Å². The lowest BCUT2D eigenvalue weighted by Crippen LogP contribution is -1.84. The van der Waals surface area contributed by atoms with Crippen LogP contribution in [0.2, 0.25) is 0 Å². The molecule has 3 rings (SSSR count). The molecule has 0 saturated heterocycles. The second-order valence-electron chi connectivity index (χ2n) is 7.30. The van der Waals surface area contributed by atoms with Gasteiger partial charge in [0, 0.05) is 23.6 Å². The van der Waals surface area contributed by atoms with Gasteiger partial charge in [-0.25, -0.2) is 0 Å². The van der Waals surface area contributed by atoms with Crippen molar-refractivity contribution in [1.29, 1.82) is 0 Å². The third-order valence-electron chi connectivity index (χ3n) is 5.06. The van der Waals surface area contributed by atoms with E-state index in [1.807, 2.05) is 0 Å². The quantitative estimate of drug-likeness (QED) is 0.259. The molecular formula is C26H30S2. The van der Waals surface area contributed by atoms with Crippen molar-refractivity contribution in [2.45, 2.75) is 78.1 Å². The topological polar surface area (TPSA) is 0 Å². The van der Waals surface area contributed by atoms with Crippen LogP contribution in [0.4, 0.5) is 0 Å². The summed E-state index contributed by atoms with van der Waals surface area (Å²) in [5.41, 5.74) is 2.43. The van der Waals surface area contributed by atoms with E-state index in [4.69, 9.17) is 0 Å². The van der Waals surface area contributed by atoms with Crippen LogP contribution in [0, 0.1) is 23.7 Å². The first-order valence-corrected chi connectivity index (χ1v) is 12.5. The van der Waals surface area contributed by atoms with Gasteiger partial charge < -0.3 is 0 Å². The number of hydrogen-bond acceptors (Lipinski definition) is 2. The zero-order valence-corrected chi connectivity index (χ0v) is 18.8. The molecule has 3 aromatic rings. The van der Waals surface area contributed by atoms with Crippen LogP contribution in [0.1, 0.15) is 89.2 Å². The molecule has 0 aliphatic carbocycles. The van der Waals surface area contributed by atoms with Gasteiger partial charge in [0.1, 0.15) is 0 Å². The molecule has 2 aromatic heterocycles. The van der Waals surface area contributed by atoms with Crippen LogP contribution in [0.3, 0.4) is 0 Å². The van der Waals surface area contributed by atoms with Crippen LogP contribution < -0.4 is 0 Å². The van der Waals surface area contributed by atoms with Crippen LogP contribution in [0.5, 0.6) is 0 Å². The van der Waals surface area contributed by atoms with Crippen LogP contribution in [-0.2, 0) is 0 Å². The molecule has 0 atom stereocenters. The average Bonchev–Trinajstić information content (AvgIpc) is 3.38. The third kappa shape index (κ3) is 5.20. The number of benzene rings is 1. The van der Waals surface area contributed by atoms with Gasteiger partial charge in [-0.3, -0.25) is 0 Å².